The van der Waals surface area contributed by atoms with Crippen LogP contribution in [0.2, 0.25) is 0 Å². The van der Waals surface area contributed by atoms with Crippen LogP contribution in [0.4, 0.5) is 0 Å². The molecule has 0 unspecified atom stereocenters. The number of hydrogen-bond donors (Lipinski definition) is 0. The SMILES string of the molecule is COc1ccc(C(=O)N2CCCCCCN(C)C(=O)c3ccccc3O[C@H]3CCCC[C@H]32)cc1. The van der Waals surface area contributed by atoms with Crippen molar-refractivity contribution >= 4 is 11.8 Å². The number of amides is 2. The van der Waals surface area contributed by atoms with Crippen LogP contribution < -0.4 is 9.47 Å². The Labute approximate surface area is 202 Å². The summed E-state index contributed by atoms with van der Waals surface area (Å²) in [6.45, 7) is 1.43. The molecule has 0 bridgehead atoms. The molecule has 6 nitrogen and oxygen atoms in total. The van der Waals surface area contributed by atoms with Gasteiger partial charge in [0, 0.05) is 25.7 Å². The lowest BCUT2D eigenvalue weighted by Crippen LogP contribution is -2.51. The Bertz CT molecular complexity index is 975. The third-order valence-electron chi connectivity index (χ3n) is 7.05. The lowest BCUT2D eigenvalue weighted by Gasteiger charge is -2.40. The number of rotatable bonds is 2. The molecule has 1 heterocycles. The van der Waals surface area contributed by atoms with Gasteiger partial charge < -0.3 is 19.3 Å². The highest BCUT2D eigenvalue weighted by Crippen LogP contribution is 2.31. The molecule has 34 heavy (non-hydrogen) atoms. The Kier molecular flexibility index (Phi) is 8.09. The zero-order chi connectivity index (χ0) is 23.9. The van der Waals surface area contributed by atoms with Crippen molar-refractivity contribution in [2.45, 2.75) is 63.5 Å². The minimum atomic E-state index is -0.141. The molecule has 6 heteroatoms. The van der Waals surface area contributed by atoms with Crippen LogP contribution in [-0.4, -0.2) is 61.0 Å². The molecule has 0 radical (unpaired) electrons. The van der Waals surface area contributed by atoms with E-state index >= 15 is 0 Å². The second kappa shape index (κ2) is 11.4. The second-order valence-electron chi connectivity index (χ2n) is 9.37. The highest BCUT2D eigenvalue weighted by molar-refractivity contribution is 5.97. The van der Waals surface area contributed by atoms with Gasteiger partial charge in [-0.2, -0.15) is 0 Å². The van der Waals surface area contributed by atoms with Gasteiger partial charge in [-0.1, -0.05) is 31.4 Å². The van der Waals surface area contributed by atoms with Crippen LogP contribution in [0.25, 0.3) is 0 Å². The van der Waals surface area contributed by atoms with Gasteiger partial charge in [0.2, 0.25) is 0 Å². The van der Waals surface area contributed by atoms with Gasteiger partial charge in [-0.3, -0.25) is 9.59 Å². The van der Waals surface area contributed by atoms with E-state index in [1.807, 2.05) is 60.5 Å². The standard InChI is InChI=1S/C28H36N2O4/c1-29-19-9-3-4-10-20-30(27(31)21-15-17-22(33-2)18-16-21)24-12-6-8-14-26(24)34-25-13-7-5-11-23(25)28(29)32/h5,7,11,13,15-18,24,26H,3-4,6,8-10,12,14,19-20H2,1-2H3/t24-,26+/m1/s1. The minimum absolute atomic E-state index is 0.00816. The zero-order valence-corrected chi connectivity index (χ0v) is 20.4. The van der Waals surface area contributed by atoms with Gasteiger partial charge in [-0.25, -0.2) is 0 Å². The largest absolute Gasteiger partial charge is 0.497 e. The summed E-state index contributed by atoms with van der Waals surface area (Å²) in [4.78, 5) is 30.7. The molecule has 1 aliphatic heterocycles. The fraction of sp³-hybridized carbons (Fsp3) is 0.500. The van der Waals surface area contributed by atoms with Gasteiger partial charge in [-0.15, -0.1) is 0 Å². The number of nitrogens with zero attached hydrogens (tertiary/aromatic N) is 2. The molecule has 0 N–H and O–H groups in total. The number of fused-ring (bicyclic) bond motifs is 2. The molecule has 4 rings (SSSR count). The molecule has 1 saturated carbocycles. The van der Waals surface area contributed by atoms with Gasteiger partial charge in [0.25, 0.3) is 11.8 Å². The summed E-state index contributed by atoms with van der Waals surface area (Å²) in [5.41, 5.74) is 1.27. The third-order valence-corrected chi connectivity index (χ3v) is 7.05. The number of para-hydroxylation sites is 1. The molecule has 0 saturated heterocycles. The van der Waals surface area contributed by atoms with E-state index < -0.39 is 0 Å². The van der Waals surface area contributed by atoms with Crippen LogP contribution in [0.5, 0.6) is 11.5 Å². The molecular weight excluding hydrogens is 428 g/mol. The number of carbonyl (C=O) groups is 2. The molecule has 1 aliphatic carbocycles. The first kappa shape index (κ1) is 24.1. The Hall–Kier alpha value is -3.02. The van der Waals surface area contributed by atoms with Crippen molar-refractivity contribution in [2.75, 3.05) is 27.2 Å². The summed E-state index contributed by atoms with van der Waals surface area (Å²) in [6.07, 6.45) is 7.72. The zero-order valence-electron chi connectivity index (χ0n) is 20.4. The van der Waals surface area contributed by atoms with E-state index in [-0.39, 0.29) is 24.0 Å². The lowest BCUT2D eigenvalue weighted by molar-refractivity contribution is 0.0267. The summed E-state index contributed by atoms with van der Waals surface area (Å²) in [7, 11) is 3.49. The van der Waals surface area contributed by atoms with Crippen LogP contribution in [0.15, 0.2) is 48.5 Å². The van der Waals surface area contributed by atoms with Crippen molar-refractivity contribution < 1.29 is 19.1 Å². The molecule has 1 fully saturated rings. The highest BCUT2D eigenvalue weighted by atomic mass is 16.5. The number of ether oxygens (including phenoxy) is 2. The van der Waals surface area contributed by atoms with Gasteiger partial charge in [-0.05, 0) is 68.5 Å². The van der Waals surface area contributed by atoms with E-state index in [9.17, 15) is 9.59 Å². The van der Waals surface area contributed by atoms with E-state index in [2.05, 4.69) is 0 Å². The predicted octanol–water partition coefficient (Wildman–Crippen LogP) is 5.17. The van der Waals surface area contributed by atoms with Crippen molar-refractivity contribution in [3.63, 3.8) is 0 Å². The van der Waals surface area contributed by atoms with Crippen LogP contribution in [0.3, 0.4) is 0 Å². The van der Waals surface area contributed by atoms with Gasteiger partial charge in [0.05, 0.1) is 18.7 Å². The molecule has 2 aliphatic rings. The third kappa shape index (κ3) is 5.54. The summed E-state index contributed by atoms with van der Waals surface area (Å²) in [5.74, 6) is 1.39. The van der Waals surface area contributed by atoms with Crippen LogP contribution in [0.1, 0.15) is 72.1 Å². The maximum Gasteiger partial charge on any atom is 0.257 e. The smallest absolute Gasteiger partial charge is 0.257 e. The van der Waals surface area contributed by atoms with E-state index in [1.54, 1.807) is 12.0 Å². The van der Waals surface area contributed by atoms with E-state index in [4.69, 9.17) is 9.47 Å². The van der Waals surface area contributed by atoms with Crippen molar-refractivity contribution in [3.8, 4) is 11.5 Å². The fourth-order valence-corrected chi connectivity index (χ4v) is 5.09. The lowest BCUT2D eigenvalue weighted by atomic mass is 9.90. The average Bonchev–Trinajstić information content (AvgIpc) is 2.88. The van der Waals surface area contributed by atoms with Crippen molar-refractivity contribution in [1.29, 1.82) is 0 Å². The van der Waals surface area contributed by atoms with Crippen LogP contribution in [-0.2, 0) is 0 Å². The van der Waals surface area contributed by atoms with Crippen LogP contribution in [0, 0.1) is 0 Å². The highest BCUT2D eigenvalue weighted by Gasteiger charge is 2.35. The molecule has 2 aromatic rings. The van der Waals surface area contributed by atoms with Gasteiger partial charge in [0.15, 0.2) is 0 Å². The maximum atomic E-state index is 13.7. The van der Waals surface area contributed by atoms with E-state index in [0.717, 1.165) is 57.1 Å². The molecule has 182 valence electrons. The first-order chi connectivity index (χ1) is 16.6. The number of carbonyl (C=O) groups excluding carboxylic acids is 2. The van der Waals surface area contributed by atoms with Crippen LogP contribution >= 0.6 is 0 Å². The van der Waals surface area contributed by atoms with E-state index in [0.29, 0.717) is 30.0 Å². The molecule has 2 amide bonds. The summed E-state index contributed by atoms with van der Waals surface area (Å²) >= 11 is 0. The Balaban J connectivity index is 1.66. The Morgan fingerprint density at radius 1 is 0.912 bits per heavy atom. The maximum absolute atomic E-state index is 13.7. The monoisotopic (exact) mass is 464 g/mol. The normalized spacial score (nSPS) is 22.1. The first-order valence-electron chi connectivity index (χ1n) is 12.5. The molecule has 0 spiro atoms. The number of benzene rings is 2. The second-order valence-corrected chi connectivity index (χ2v) is 9.37. The average molecular weight is 465 g/mol. The van der Waals surface area contributed by atoms with Crippen molar-refractivity contribution in [2.24, 2.45) is 0 Å². The predicted molar refractivity (Wildman–Crippen MR) is 133 cm³/mol. The molecule has 2 atom stereocenters. The summed E-state index contributed by atoms with van der Waals surface area (Å²) in [6, 6.07) is 14.9. The first-order valence-corrected chi connectivity index (χ1v) is 12.5. The number of methoxy groups -OCH3 is 1. The van der Waals surface area contributed by atoms with E-state index in [1.165, 1.54) is 0 Å². The van der Waals surface area contributed by atoms with Crippen molar-refractivity contribution in [3.05, 3.63) is 59.7 Å². The molecular formula is C28H36N2O4. The minimum Gasteiger partial charge on any atom is -0.497 e. The quantitative estimate of drug-likeness (QED) is 0.615. The number of hydrogen-bond acceptors (Lipinski definition) is 4. The molecule has 0 aromatic heterocycles. The Morgan fingerprint density at radius 2 is 1.62 bits per heavy atom. The van der Waals surface area contributed by atoms with Crippen molar-refractivity contribution in [1.82, 2.24) is 9.80 Å². The topological polar surface area (TPSA) is 59.1 Å². The fourth-order valence-electron chi connectivity index (χ4n) is 5.09. The molecule has 2 aromatic carbocycles. The van der Waals surface area contributed by atoms with Gasteiger partial charge in [0.1, 0.15) is 17.6 Å². The summed E-state index contributed by atoms with van der Waals surface area (Å²) < 4.78 is 11.8. The Morgan fingerprint density at radius 3 is 2.38 bits per heavy atom. The van der Waals surface area contributed by atoms with Gasteiger partial charge >= 0.3 is 0 Å². The summed E-state index contributed by atoms with van der Waals surface area (Å²) in [5, 5.41) is 0.